The summed E-state index contributed by atoms with van der Waals surface area (Å²) in [6.07, 6.45) is 0.325. The first-order chi connectivity index (χ1) is 16.7. The second-order valence-electron chi connectivity index (χ2n) is 9.30. The van der Waals surface area contributed by atoms with Gasteiger partial charge in [-0.2, -0.15) is 23.4 Å². The molecule has 0 unspecified atom stereocenters. The Morgan fingerprint density at radius 3 is 2.66 bits per heavy atom. The lowest BCUT2D eigenvalue weighted by Gasteiger charge is -2.45. The van der Waals surface area contributed by atoms with Gasteiger partial charge in [0, 0.05) is 42.8 Å². The van der Waals surface area contributed by atoms with E-state index >= 15 is 0 Å². The third-order valence-electron chi connectivity index (χ3n) is 7.17. The Morgan fingerprint density at radius 2 is 1.89 bits per heavy atom. The van der Waals surface area contributed by atoms with Crippen molar-refractivity contribution in [2.24, 2.45) is 14.1 Å². The maximum atomic E-state index is 13.7. The maximum absolute atomic E-state index is 13.7. The summed E-state index contributed by atoms with van der Waals surface area (Å²) in [6.45, 7) is 0. The summed E-state index contributed by atoms with van der Waals surface area (Å²) in [4.78, 5) is 20.0. The van der Waals surface area contributed by atoms with Crippen LogP contribution in [0.25, 0.3) is 22.3 Å². The SMILES string of the molecule is Cn1nc(-c2c3c(nn2C)[C@H]2CCC[C@@H](C3)N2C(=O)c2ccc3ncccc3c2)cc1C(F)(F)F. The molecule has 5 heterocycles. The number of carbonyl (C=O) groups is 1. The van der Waals surface area contributed by atoms with Crippen LogP contribution in [-0.4, -0.2) is 41.4 Å². The summed E-state index contributed by atoms with van der Waals surface area (Å²) < 4.78 is 42.7. The summed E-state index contributed by atoms with van der Waals surface area (Å²) in [7, 11) is 3.02. The number of nitrogens with zero attached hydrogens (tertiary/aromatic N) is 6. The first kappa shape index (κ1) is 21.8. The molecule has 3 aromatic heterocycles. The van der Waals surface area contributed by atoms with Crippen LogP contribution < -0.4 is 0 Å². The number of alkyl halides is 3. The summed E-state index contributed by atoms with van der Waals surface area (Å²) in [6, 6.07) is 10.1. The number of piperidine rings is 1. The number of hydrogen-bond acceptors (Lipinski definition) is 4. The molecule has 35 heavy (non-hydrogen) atoms. The second kappa shape index (κ2) is 7.66. The molecule has 0 radical (unpaired) electrons. The van der Waals surface area contributed by atoms with Crippen LogP contribution in [0.2, 0.25) is 0 Å². The van der Waals surface area contributed by atoms with Gasteiger partial charge in [-0.15, -0.1) is 0 Å². The largest absolute Gasteiger partial charge is 0.433 e. The van der Waals surface area contributed by atoms with Crippen molar-refractivity contribution < 1.29 is 18.0 Å². The molecule has 2 aliphatic rings. The summed E-state index contributed by atoms with van der Waals surface area (Å²) in [5, 5.41) is 9.77. The monoisotopic (exact) mass is 480 g/mol. The Balaban J connectivity index is 1.41. The van der Waals surface area contributed by atoms with Crippen LogP contribution in [0.1, 0.15) is 52.6 Å². The number of pyridine rings is 1. The molecule has 1 aromatic carbocycles. The fourth-order valence-corrected chi connectivity index (χ4v) is 5.68. The van der Waals surface area contributed by atoms with Gasteiger partial charge < -0.3 is 4.90 Å². The van der Waals surface area contributed by atoms with Crippen molar-refractivity contribution in [1.82, 2.24) is 29.4 Å². The van der Waals surface area contributed by atoms with Crippen molar-refractivity contribution in [2.45, 2.75) is 43.9 Å². The minimum Gasteiger partial charge on any atom is -0.327 e. The first-order valence-electron chi connectivity index (χ1n) is 11.6. The van der Waals surface area contributed by atoms with Gasteiger partial charge in [0.15, 0.2) is 0 Å². The Morgan fingerprint density at radius 1 is 1.06 bits per heavy atom. The summed E-state index contributed by atoms with van der Waals surface area (Å²) in [5.74, 6) is -0.0551. The zero-order chi connectivity index (χ0) is 24.5. The van der Waals surface area contributed by atoms with Crippen LogP contribution in [-0.2, 0) is 26.7 Å². The molecule has 6 rings (SSSR count). The van der Waals surface area contributed by atoms with Gasteiger partial charge in [-0.3, -0.25) is 19.1 Å². The molecule has 0 saturated carbocycles. The van der Waals surface area contributed by atoms with Crippen molar-refractivity contribution in [3.63, 3.8) is 0 Å². The van der Waals surface area contributed by atoms with Gasteiger partial charge in [0.05, 0.1) is 22.9 Å². The van der Waals surface area contributed by atoms with Crippen LogP contribution in [0.4, 0.5) is 13.2 Å². The lowest BCUT2D eigenvalue weighted by atomic mass is 9.81. The molecule has 1 fully saturated rings. The molecule has 2 bridgehead atoms. The van der Waals surface area contributed by atoms with E-state index in [9.17, 15) is 18.0 Å². The Kier molecular flexibility index (Phi) is 4.77. The highest BCUT2D eigenvalue weighted by atomic mass is 19.4. The number of amides is 1. The highest BCUT2D eigenvalue weighted by Crippen LogP contribution is 2.45. The molecular formula is C25H23F3N6O. The van der Waals surface area contributed by atoms with E-state index in [0.29, 0.717) is 17.7 Å². The third kappa shape index (κ3) is 3.42. The van der Waals surface area contributed by atoms with Crippen molar-refractivity contribution >= 4 is 16.8 Å². The zero-order valence-corrected chi connectivity index (χ0v) is 19.3. The molecule has 0 aliphatic carbocycles. The van der Waals surface area contributed by atoms with E-state index in [4.69, 9.17) is 5.10 Å². The molecule has 2 aliphatic heterocycles. The van der Waals surface area contributed by atoms with Crippen molar-refractivity contribution in [1.29, 1.82) is 0 Å². The van der Waals surface area contributed by atoms with Crippen LogP contribution >= 0.6 is 0 Å². The topological polar surface area (TPSA) is 68.8 Å². The third-order valence-corrected chi connectivity index (χ3v) is 7.17. The van der Waals surface area contributed by atoms with Gasteiger partial charge in [0.2, 0.25) is 0 Å². The van der Waals surface area contributed by atoms with Gasteiger partial charge >= 0.3 is 6.18 Å². The number of halogens is 3. The number of carbonyl (C=O) groups excluding carboxylic acids is 1. The summed E-state index contributed by atoms with van der Waals surface area (Å²) >= 11 is 0. The predicted octanol–water partition coefficient (Wildman–Crippen LogP) is 4.68. The van der Waals surface area contributed by atoms with Crippen LogP contribution in [0.5, 0.6) is 0 Å². The molecular weight excluding hydrogens is 457 g/mol. The van der Waals surface area contributed by atoms with E-state index in [0.717, 1.165) is 52.2 Å². The number of hydrogen-bond donors (Lipinski definition) is 0. The molecule has 180 valence electrons. The average molecular weight is 480 g/mol. The van der Waals surface area contributed by atoms with Crippen molar-refractivity contribution in [3.05, 3.63) is 65.1 Å². The van der Waals surface area contributed by atoms with E-state index in [1.807, 2.05) is 29.2 Å². The maximum Gasteiger partial charge on any atom is 0.433 e. The van der Waals surface area contributed by atoms with Crippen molar-refractivity contribution in [2.75, 3.05) is 0 Å². The minimum absolute atomic E-state index is 0.0490. The molecule has 1 saturated heterocycles. The first-order valence-corrected chi connectivity index (χ1v) is 11.6. The van der Waals surface area contributed by atoms with Gasteiger partial charge in [-0.1, -0.05) is 6.07 Å². The van der Waals surface area contributed by atoms with Crippen LogP contribution in [0.3, 0.4) is 0 Å². The lowest BCUT2D eigenvalue weighted by molar-refractivity contribution is -0.143. The quantitative estimate of drug-likeness (QED) is 0.418. The molecule has 1 amide bonds. The Hall–Kier alpha value is -3.69. The van der Waals surface area contributed by atoms with E-state index in [2.05, 4.69) is 10.1 Å². The Bertz CT molecular complexity index is 1470. The number of rotatable bonds is 2. The van der Waals surface area contributed by atoms with E-state index in [-0.39, 0.29) is 23.7 Å². The van der Waals surface area contributed by atoms with Crippen molar-refractivity contribution in [3.8, 4) is 11.4 Å². The lowest BCUT2D eigenvalue weighted by Crippen LogP contribution is -2.49. The van der Waals surface area contributed by atoms with E-state index < -0.39 is 11.9 Å². The predicted molar refractivity (Wildman–Crippen MR) is 122 cm³/mol. The van der Waals surface area contributed by atoms with Gasteiger partial charge in [0.25, 0.3) is 5.91 Å². The highest BCUT2D eigenvalue weighted by Gasteiger charge is 2.44. The standard InChI is InChI=1S/C25H23F3N6O/c1-32-21(25(26,27)28)13-19(30-32)23-17-12-16-6-3-7-20(22(17)31-33(23)2)34(16)24(35)15-8-9-18-14(11-15)5-4-10-29-18/h4-5,8-11,13,16,20H,3,6-7,12H2,1-2H3/t16-,20+/m0/s1. The van der Waals surface area contributed by atoms with Crippen LogP contribution in [0, 0.1) is 0 Å². The molecule has 0 spiro atoms. The number of aryl methyl sites for hydroxylation is 2. The smallest absolute Gasteiger partial charge is 0.327 e. The minimum atomic E-state index is -4.49. The highest BCUT2D eigenvalue weighted by molar-refractivity contribution is 5.98. The molecule has 4 aromatic rings. The van der Waals surface area contributed by atoms with E-state index in [1.54, 1.807) is 24.0 Å². The van der Waals surface area contributed by atoms with Gasteiger partial charge in [-0.05, 0) is 56.0 Å². The molecule has 2 atom stereocenters. The molecule has 10 heteroatoms. The van der Waals surface area contributed by atoms with Gasteiger partial charge in [0.1, 0.15) is 11.4 Å². The fourth-order valence-electron chi connectivity index (χ4n) is 5.68. The fraction of sp³-hybridized carbons (Fsp3) is 0.360. The molecule has 7 nitrogen and oxygen atoms in total. The van der Waals surface area contributed by atoms with E-state index in [1.165, 1.54) is 7.05 Å². The summed E-state index contributed by atoms with van der Waals surface area (Å²) in [5.41, 5.74) is 3.10. The van der Waals surface area contributed by atoms with Crippen LogP contribution in [0.15, 0.2) is 42.6 Å². The number of fused-ring (bicyclic) bond motifs is 5. The molecule has 0 N–H and O–H groups in total. The normalized spacial score (nSPS) is 19.7. The Labute approximate surface area is 199 Å². The number of benzene rings is 1. The number of aromatic nitrogens is 5. The zero-order valence-electron chi connectivity index (χ0n) is 19.3. The second-order valence-corrected chi connectivity index (χ2v) is 9.30. The van der Waals surface area contributed by atoms with Gasteiger partial charge in [-0.25, -0.2) is 0 Å². The average Bonchev–Trinajstić information content (AvgIpc) is 3.37.